The molecule has 0 saturated heterocycles. The van der Waals surface area contributed by atoms with Gasteiger partial charge in [-0.15, -0.1) is 0 Å². The molecule has 0 aromatic heterocycles. The van der Waals surface area contributed by atoms with Crippen molar-refractivity contribution < 1.29 is 9.53 Å². The summed E-state index contributed by atoms with van der Waals surface area (Å²) in [5.41, 5.74) is 1.08. The minimum atomic E-state index is -0.622. The molecule has 1 aliphatic carbocycles. The lowest BCUT2D eigenvalue weighted by molar-refractivity contribution is -0.143. The Hall–Kier alpha value is -2.49. The van der Waals surface area contributed by atoms with Gasteiger partial charge in [-0.05, 0) is 11.1 Å². The Morgan fingerprint density at radius 1 is 1.05 bits per heavy atom. The summed E-state index contributed by atoms with van der Waals surface area (Å²) >= 11 is 0. The number of carbonyl (C=O) groups is 1. The molecule has 1 fully saturated rings. The normalized spacial score (nSPS) is 31.6. The van der Waals surface area contributed by atoms with E-state index < -0.39 is 11.0 Å². The molecule has 1 aliphatic heterocycles. The average Bonchev–Trinajstić information content (AvgIpc) is 3.00. The fraction of sp³-hybridized carbons (Fsp3) is 0.278. The highest BCUT2D eigenvalue weighted by molar-refractivity contribution is 5.85. The van der Waals surface area contributed by atoms with Crippen LogP contribution in [0.5, 0.6) is 0 Å². The number of esters is 1. The van der Waals surface area contributed by atoms with Crippen molar-refractivity contribution in [3.63, 3.8) is 0 Å². The van der Waals surface area contributed by atoms with Crippen molar-refractivity contribution in [3.05, 3.63) is 71.8 Å². The number of ether oxygens (including phenoxy) is 1. The van der Waals surface area contributed by atoms with Crippen LogP contribution in [0.4, 0.5) is 0 Å². The van der Waals surface area contributed by atoms with Crippen molar-refractivity contribution in [1.82, 2.24) is 0 Å². The second-order valence-corrected chi connectivity index (χ2v) is 5.83. The van der Waals surface area contributed by atoms with Crippen LogP contribution in [-0.2, 0) is 20.5 Å². The summed E-state index contributed by atoms with van der Waals surface area (Å²) in [4.78, 5) is 12.4. The summed E-state index contributed by atoms with van der Waals surface area (Å²) in [5, 5.41) is 8.83. The zero-order chi connectivity index (χ0) is 15.2. The van der Waals surface area contributed by atoms with Gasteiger partial charge in [-0.2, -0.15) is 10.2 Å². The minimum absolute atomic E-state index is 0.216. The predicted molar refractivity (Wildman–Crippen MR) is 81.5 cm³/mol. The van der Waals surface area contributed by atoms with Crippen molar-refractivity contribution in [2.24, 2.45) is 16.1 Å². The van der Waals surface area contributed by atoms with E-state index >= 15 is 0 Å². The zero-order valence-electron chi connectivity index (χ0n) is 12.3. The third-order valence-corrected chi connectivity index (χ3v) is 5.00. The molecule has 4 heteroatoms. The lowest BCUT2D eigenvalue weighted by Crippen LogP contribution is -2.20. The molecule has 1 saturated carbocycles. The van der Waals surface area contributed by atoms with Crippen LogP contribution in [-0.4, -0.2) is 19.6 Å². The largest absolute Gasteiger partial charge is 0.469 e. The molecular formula is C18H16N2O2. The van der Waals surface area contributed by atoms with Gasteiger partial charge in [-0.1, -0.05) is 60.7 Å². The molecule has 0 radical (unpaired) electrons. The van der Waals surface area contributed by atoms with Crippen molar-refractivity contribution in [3.8, 4) is 0 Å². The third kappa shape index (κ3) is 1.39. The van der Waals surface area contributed by atoms with Crippen molar-refractivity contribution in [1.29, 1.82) is 0 Å². The number of nitrogens with zero attached hydrogens (tertiary/aromatic N) is 2. The van der Waals surface area contributed by atoms with Gasteiger partial charge in [0.1, 0.15) is 11.5 Å². The quantitative estimate of drug-likeness (QED) is 0.816. The fourth-order valence-corrected chi connectivity index (χ4v) is 4.01. The van der Waals surface area contributed by atoms with Crippen molar-refractivity contribution in [2.75, 3.05) is 13.7 Å². The van der Waals surface area contributed by atoms with E-state index in [0.29, 0.717) is 6.54 Å². The number of azo groups is 1. The van der Waals surface area contributed by atoms with Gasteiger partial charge < -0.3 is 4.74 Å². The maximum Gasteiger partial charge on any atom is 0.312 e. The summed E-state index contributed by atoms with van der Waals surface area (Å²) < 4.78 is 5.06. The van der Waals surface area contributed by atoms with Crippen LogP contribution >= 0.6 is 0 Å². The lowest BCUT2D eigenvalue weighted by atomic mass is 9.88. The molecule has 0 bridgehead atoms. The van der Waals surface area contributed by atoms with Gasteiger partial charge in [0.25, 0.3) is 0 Å². The molecule has 4 rings (SSSR count). The van der Waals surface area contributed by atoms with Gasteiger partial charge in [0.15, 0.2) is 0 Å². The van der Waals surface area contributed by atoms with Crippen LogP contribution < -0.4 is 0 Å². The molecule has 2 aromatic carbocycles. The van der Waals surface area contributed by atoms with Crippen molar-refractivity contribution in [2.45, 2.75) is 11.0 Å². The molecule has 0 N–H and O–H groups in total. The molecule has 22 heavy (non-hydrogen) atoms. The first-order valence-corrected chi connectivity index (χ1v) is 7.35. The summed E-state index contributed by atoms with van der Waals surface area (Å²) in [6.45, 7) is 0.520. The molecule has 3 atom stereocenters. The molecule has 2 aliphatic rings. The number of methoxy groups -OCH3 is 1. The van der Waals surface area contributed by atoms with Gasteiger partial charge in [0.2, 0.25) is 0 Å². The Balaban J connectivity index is 1.92. The highest BCUT2D eigenvalue weighted by Gasteiger charge is 2.84. The first-order valence-electron chi connectivity index (χ1n) is 7.35. The number of rotatable bonds is 3. The van der Waals surface area contributed by atoms with Gasteiger partial charge in [-0.3, -0.25) is 4.79 Å². The number of hydrogen-bond donors (Lipinski definition) is 0. The van der Waals surface area contributed by atoms with Crippen molar-refractivity contribution >= 4 is 5.97 Å². The van der Waals surface area contributed by atoms with Crippen LogP contribution in [0.1, 0.15) is 11.1 Å². The van der Waals surface area contributed by atoms with Gasteiger partial charge in [-0.25, -0.2) is 0 Å². The Kier molecular flexibility index (Phi) is 2.70. The number of benzene rings is 2. The van der Waals surface area contributed by atoms with Crippen LogP contribution in [0.2, 0.25) is 0 Å². The maximum absolute atomic E-state index is 12.4. The maximum atomic E-state index is 12.4. The number of carbonyl (C=O) groups excluding carboxylic acids is 1. The molecule has 1 heterocycles. The molecule has 0 amide bonds. The minimum Gasteiger partial charge on any atom is -0.469 e. The third-order valence-electron chi connectivity index (χ3n) is 5.00. The van der Waals surface area contributed by atoms with Crippen LogP contribution in [0.3, 0.4) is 0 Å². The first-order chi connectivity index (χ1) is 10.8. The van der Waals surface area contributed by atoms with E-state index in [0.717, 1.165) is 11.1 Å². The Labute approximate surface area is 128 Å². The van der Waals surface area contributed by atoms with Crippen LogP contribution in [0.15, 0.2) is 70.9 Å². The summed E-state index contributed by atoms with van der Waals surface area (Å²) in [6.07, 6.45) is 0. The smallest absolute Gasteiger partial charge is 0.312 e. The van der Waals surface area contributed by atoms with Gasteiger partial charge in [0.05, 0.1) is 19.1 Å². The average molecular weight is 292 g/mol. The molecule has 0 unspecified atom stereocenters. The van der Waals surface area contributed by atoms with Gasteiger partial charge >= 0.3 is 5.97 Å². The second kappa shape index (κ2) is 4.50. The standard InChI is InChI=1S/C18H16N2O2/c1-22-16(21)15-17(13-8-4-2-5-9-13)12-19-20-18(15,17)14-10-6-3-7-11-14/h2-11,15H,12H2,1H3/t15-,17+,18+/m1/s1. The molecular weight excluding hydrogens is 276 g/mol. The Morgan fingerprint density at radius 3 is 2.23 bits per heavy atom. The monoisotopic (exact) mass is 292 g/mol. The summed E-state index contributed by atoms with van der Waals surface area (Å²) in [7, 11) is 1.44. The zero-order valence-corrected chi connectivity index (χ0v) is 12.3. The first kappa shape index (κ1) is 13.2. The summed E-state index contributed by atoms with van der Waals surface area (Å²) in [5.74, 6) is -0.529. The van der Waals surface area contributed by atoms with Crippen LogP contribution in [0.25, 0.3) is 0 Å². The van der Waals surface area contributed by atoms with E-state index in [1.807, 2.05) is 48.5 Å². The molecule has 2 aromatic rings. The van der Waals surface area contributed by atoms with E-state index in [2.05, 4.69) is 22.4 Å². The van der Waals surface area contributed by atoms with E-state index in [-0.39, 0.29) is 11.9 Å². The SMILES string of the molecule is COC(=O)[C@@H]1[C@@]2(c3ccccc3)CN=N[C@@]12c1ccccc1. The fourth-order valence-electron chi connectivity index (χ4n) is 4.01. The Bertz CT molecular complexity index is 744. The van der Waals surface area contributed by atoms with E-state index in [4.69, 9.17) is 4.74 Å². The number of fused-ring (bicyclic) bond motifs is 1. The van der Waals surface area contributed by atoms with E-state index in [9.17, 15) is 4.79 Å². The Morgan fingerprint density at radius 2 is 1.64 bits per heavy atom. The van der Waals surface area contributed by atoms with E-state index in [1.165, 1.54) is 7.11 Å². The highest BCUT2D eigenvalue weighted by Crippen LogP contribution is 2.74. The summed E-state index contributed by atoms with van der Waals surface area (Å²) in [6, 6.07) is 20.0. The van der Waals surface area contributed by atoms with Gasteiger partial charge in [0, 0.05) is 0 Å². The lowest BCUT2D eigenvalue weighted by Gasteiger charge is -2.15. The van der Waals surface area contributed by atoms with E-state index in [1.54, 1.807) is 0 Å². The predicted octanol–water partition coefficient (Wildman–Crippen LogP) is 3.09. The van der Waals surface area contributed by atoms with Crippen LogP contribution in [0, 0.1) is 5.92 Å². The molecule has 4 nitrogen and oxygen atoms in total. The second-order valence-electron chi connectivity index (χ2n) is 5.83. The molecule has 0 spiro atoms. The highest BCUT2D eigenvalue weighted by atomic mass is 16.5. The number of hydrogen-bond acceptors (Lipinski definition) is 4. The molecule has 110 valence electrons. The topological polar surface area (TPSA) is 51.0 Å².